The third-order valence-electron chi connectivity index (χ3n) is 5.53. The van der Waals surface area contributed by atoms with Gasteiger partial charge in [-0.3, -0.25) is 4.79 Å². The second-order valence-corrected chi connectivity index (χ2v) is 8.81. The smallest absolute Gasteiger partial charge is 0.443 e. The molecule has 0 fully saturated rings. The first kappa shape index (κ1) is 23.2. The van der Waals surface area contributed by atoms with E-state index in [2.05, 4.69) is 4.98 Å². The van der Waals surface area contributed by atoms with E-state index in [9.17, 15) is 31.1 Å². The number of ether oxygens (including phenoxy) is 1. The van der Waals surface area contributed by atoms with Crippen molar-refractivity contribution in [3.8, 4) is 11.5 Å². The molecule has 0 atom stereocenters. The number of carbonyl (C=O) groups is 1. The molecule has 0 bridgehead atoms. The van der Waals surface area contributed by atoms with Crippen molar-refractivity contribution in [1.82, 2.24) is 4.98 Å². The van der Waals surface area contributed by atoms with Crippen LogP contribution in [0.15, 0.2) is 60.7 Å². The predicted octanol–water partition coefficient (Wildman–Crippen LogP) is 7.33. The number of fused-ring (bicyclic) bond motifs is 2. The molecule has 1 aliphatic heterocycles. The maximum absolute atomic E-state index is 13.2. The predicted molar refractivity (Wildman–Crippen MR) is 118 cm³/mol. The topological polar surface area (TPSA) is 42.4 Å². The lowest BCUT2D eigenvalue weighted by atomic mass is 9.97. The Morgan fingerprint density at radius 2 is 1.66 bits per heavy atom. The summed E-state index contributed by atoms with van der Waals surface area (Å²) in [5.41, 5.74) is 0.793. The summed E-state index contributed by atoms with van der Waals surface area (Å²) < 4.78 is 83.5. The van der Waals surface area contributed by atoms with Gasteiger partial charge in [-0.05, 0) is 61.0 Å². The molecule has 3 aromatic carbocycles. The number of rotatable bonds is 3. The second kappa shape index (κ2) is 8.26. The standard InChI is InChI=1S/C24H14F6N2O2S/c25-23(26,27)13-4-7-15(8-5-13)34-19-3-1-2-17-16(19)10-11-32(21(17)33)14-6-9-18-20(12-14)35-22(31-18)24(28,29)30/h1-9,12H,10-11H2. The lowest BCUT2D eigenvalue weighted by Gasteiger charge is -2.29. The zero-order chi connectivity index (χ0) is 25.0. The van der Waals surface area contributed by atoms with Crippen molar-refractivity contribution >= 4 is 33.1 Å². The highest BCUT2D eigenvalue weighted by Gasteiger charge is 2.35. The molecular formula is C24H14F6N2O2S. The summed E-state index contributed by atoms with van der Waals surface area (Å²) in [6.07, 6.45) is -8.63. The van der Waals surface area contributed by atoms with Crippen LogP contribution < -0.4 is 9.64 Å². The van der Waals surface area contributed by atoms with Gasteiger partial charge in [-0.1, -0.05) is 6.07 Å². The fourth-order valence-electron chi connectivity index (χ4n) is 3.88. The van der Waals surface area contributed by atoms with Gasteiger partial charge in [0.2, 0.25) is 0 Å². The quantitative estimate of drug-likeness (QED) is 0.272. The summed E-state index contributed by atoms with van der Waals surface area (Å²) in [5.74, 6) is 0.185. The first-order chi connectivity index (χ1) is 16.5. The molecule has 0 N–H and O–H groups in total. The average Bonchev–Trinajstić information content (AvgIpc) is 3.24. The SMILES string of the molecule is O=C1c2cccc(Oc3ccc(C(F)(F)F)cc3)c2CCN1c1ccc2nc(C(F)(F)F)sc2c1. The van der Waals surface area contributed by atoms with Gasteiger partial charge in [0.15, 0.2) is 5.01 Å². The van der Waals surface area contributed by atoms with Gasteiger partial charge in [-0.25, -0.2) is 4.98 Å². The summed E-state index contributed by atoms with van der Waals surface area (Å²) in [4.78, 5) is 18.3. The number of anilines is 1. The van der Waals surface area contributed by atoms with Crippen LogP contribution in [0.25, 0.3) is 10.2 Å². The largest absolute Gasteiger partial charge is 0.457 e. The Kier molecular flexibility index (Phi) is 5.47. The molecule has 1 aromatic heterocycles. The minimum absolute atomic E-state index is 0.192. The van der Waals surface area contributed by atoms with Gasteiger partial charge >= 0.3 is 12.4 Å². The number of aromatic nitrogens is 1. The molecule has 1 amide bonds. The minimum Gasteiger partial charge on any atom is -0.457 e. The van der Waals surface area contributed by atoms with Gasteiger partial charge in [0.1, 0.15) is 11.5 Å². The first-order valence-corrected chi connectivity index (χ1v) is 11.1. The Hall–Kier alpha value is -3.60. The maximum Gasteiger partial charge on any atom is 0.443 e. The molecule has 4 aromatic rings. The number of nitrogens with zero attached hydrogens (tertiary/aromatic N) is 2. The number of hydrogen-bond acceptors (Lipinski definition) is 4. The van der Waals surface area contributed by atoms with E-state index in [1.54, 1.807) is 24.3 Å². The number of amides is 1. The Labute approximate surface area is 198 Å². The van der Waals surface area contributed by atoms with Crippen molar-refractivity contribution in [3.63, 3.8) is 0 Å². The summed E-state index contributed by atoms with van der Waals surface area (Å²) in [6, 6.07) is 13.6. The van der Waals surface area contributed by atoms with E-state index < -0.39 is 22.9 Å². The number of benzene rings is 3. The molecule has 35 heavy (non-hydrogen) atoms. The maximum atomic E-state index is 13.2. The minimum atomic E-state index is -4.55. The monoisotopic (exact) mass is 508 g/mol. The number of alkyl halides is 6. The van der Waals surface area contributed by atoms with E-state index in [1.165, 1.54) is 29.2 Å². The van der Waals surface area contributed by atoms with E-state index in [-0.39, 0.29) is 23.7 Å². The van der Waals surface area contributed by atoms with Crippen LogP contribution in [0.4, 0.5) is 32.0 Å². The van der Waals surface area contributed by atoms with Gasteiger partial charge in [0.05, 0.1) is 15.8 Å². The van der Waals surface area contributed by atoms with Crippen molar-refractivity contribution in [1.29, 1.82) is 0 Å². The molecule has 0 unspecified atom stereocenters. The molecule has 180 valence electrons. The average molecular weight is 508 g/mol. The summed E-state index contributed by atoms with van der Waals surface area (Å²) in [5, 5.41) is -0.954. The van der Waals surface area contributed by atoms with E-state index in [1.807, 2.05) is 0 Å². The Morgan fingerprint density at radius 1 is 0.914 bits per heavy atom. The summed E-state index contributed by atoms with van der Waals surface area (Å²) >= 11 is 0.511. The molecule has 0 radical (unpaired) electrons. The number of hydrogen-bond donors (Lipinski definition) is 0. The molecule has 1 aliphatic rings. The Morgan fingerprint density at radius 3 is 2.34 bits per heavy atom. The van der Waals surface area contributed by atoms with Crippen LogP contribution in [-0.2, 0) is 18.8 Å². The van der Waals surface area contributed by atoms with Gasteiger partial charge in [0, 0.05) is 23.4 Å². The third kappa shape index (κ3) is 4.43. The van der Waals surface area contributed by atoms with E-state index in [4.69, 9.17) is 4.74 Å². The van der Waals surface area contributed by atoms with Crippen molar-refractivity contribution < 1.29 is 35.9 Å². The normalized spacial score (nSPS) is 14.3. The molecule has 4 nitrogen and oxygen atoms in total. The molecular weight excluding hydrogens is 494 g/mol. The van der Waals surface area contributed by atoms with Crippen LogP contribution in [0, 0.1) is 0 Å². The molecule has 0 aliphatic carbocycles. The first-order valence-electron chi connectivity index (χ1n) is 10.3. The van der Waals surface area contributed by atoms with Crippen molar-refractivity contribution in [2.24, 2.45) is 0 Å². The van der Waals surface area contributed by atoms with E-state index in [0.29, 0.717) is 45.0 Å². The van der Waals surface area contributed by atoms with E-state index in [0.717, 1.165) is 12.1 Å². The Bertz CT molecular complexity index is 1430. The molecule has 2 heterocycles. The van der Waals surface area contributed by atoms with E-state index >= 15 is 0 Å². The third-order valence-corrected chi connectivity index (χ3v) is 6.59. The summed E-state index contributed by atoms with van der Waals surface area (Å²) in [6.45, 7) is 0.246. The molecule has 0 saturated carbocycles. The number of halogens is 6. The highest BCUT2D eigenvalue weighted by atomic mass is 32.1. The van der Waals surface area contributed by atoms with Crippen LogP contribution >= 0.6 is 11.3 Å². The van der Waals surface area contributed by atoms with Crippen molar-refractivity contribution in [3.05, 3.63) is 82.4 Å². The van der Waals surface area contributed by atoms with Crippen molar-refractivity contribution in [2.45, 2.75) is 18.8 Å². The molecule has 0 saturated heterocycles. The highest BCUT2D eigenvalue weighted by Crippen LogP contribution is 2.38. The van der Waals surface area contributed by atoms with Crippen LogP contribution in [-0.4, -0.2) is 17.4 Å². The van der Waals surface area contributed by atoms with Gasteiger partial charge < -0.3 is 9.64 Å². The molecule has 11 heteroatoms. The number of carbonyl (C=O) groups excluding carboxylic acids is 1. The zero-order valence-corrected chi connectivity index (χ0v) is 18.4. The summed E-state index contributed by atoms with van der Waals surface area (Å²) in [7, 11) is 0. The van der Waals surface area contributed by atoms with Crippen LogP contribution in [0.3, 0.4) is 0 Å². The van der Waals surface area contributed by atoms with Gasteiger partial charge in [-0.15, -0.1) is 11.3 Å². The zero-order valence-electron chi connectivity index (χ0n) is 17.6. The lowest BCUT2D eigenvalue weighted by molar-refractivity contribution is -0.138. The second-order valence-electron chi connectivity index (χ2n) is 7.78. The van der Waals surface area contributed by atoms with Crippen LogP contribution in [0.2, 0.25) is 0 Å². The fourth-order valence-corrected chi connectivity index (χ4v) is 4.74. The lowest BCUT2D eigenvalue weighted by Crippen LogP contribution is -2.37. The van der Waals surface area contributed by atoms with Gasteiger partial charge in [0.25, 0.3) is 5.91 Å². The molecule has 0 spiro atoms. The van der Waals surface area contributed by atoms with Crippen LogP contribution in [0.1, 0.15) is 26.5 Å². The van der Waals surface area contributed by atoms with Crippen LogP contribution in [0.5, 0.6) is 11.5 Å². The van der Waals surface area contributed by atoms with Crippen molar-refractivity contribution in [2.75, 3.05) is 11.4 Å². The number of thiazole rings is 1. The highest BCUT2D eigenvalue weighted by molar-refractivity contribution is 7.18. The van der Waals surface area contributed by atoms with Gasteiger partial charge in [-0.2, -0.15) is 26.3 Å². The molecule has 5 rings (SSSR count). The Balaban J connectivity index is 1.41. The fraction of sp³-hybridized carbons (Fsp3) is 0.167.